The molecular formula is C18H26O4. The SMILES string of the molecule is CCCCCCC[C@@H](O)CC(=O)OCC(=O)c1ccccc1. The predicted octanol–water partition coefficient (Wildman–Crippen LogP) is 3.52. The first kappa shape index (κ1) is 18.4. The van der Waals surface area contributed by atoms with Crippen LogP contribution in [0.15, 0.2) is 30.3 Å². The van der Waals surface area contributed by atoms with E-state index in [2.05, 4.69) is 6.92 Å². The van der Waals surface area contributed by atoms with Crippen molar-refractivity contribution >= 4 is 11.8 Å². The van der Waals surface area contributed by atoms with Crippen LogP contribution < -0.4 is 0 Å². The molecular weight excluding hydrogens is 280 g/mol. The standard InChI is InChI=1S/C18H26O4/c1-2-3-4-5-9-12-16(19)13-18(21)22-14-17(20)15-10-7-6-8-11-15/h6-8,10-11,16,19H,2-5,9,12-14H2,1H3/t16-/m1/s1. The fourth-order valence-electron chi connectivity index (χ4n) is 2.19. The molecule has 0 saturated carbocycles. The third-order valence-corrected chi connectivity index (χ3v) is 3.50. The molecule has 0 fully saturated rings. The highest BCUT2D eigenvalue weighted by Crippen LogP contribution is 2.10. The van der Waals surface area contributed by atoms with Crippen LogP contribution in [0.1, 0.15) is 62.2 Å². The highest BCUT2D eigenvalue weighted by Gasteiger charge is 2.14. The van der Waals surface area contributed by atoms with Crippen LogP contribution in [-0.2, 0) is 9.53 Å². The van der Waals surface area contributed by atoms with Gasteiger partial charge in [0.25, 0.3) is 0 Å². The molecule has 1 aromatic rings. The van der Waals surface area contributed by atoms with E-state index in [1.54, 1.807) is 24.3 Å². The van der Waals surface area contributed by atoms with Gasteiger partial charge in [-0.3, -0.25) is 9.59 Å². The van der Waals surface area contributed by atoms with Crippen molar-refractivity contribution in [3.05, 3.63) is 35.9 Å². The highest BCUT2D eigenvalue weighted by molar-refractivity contribution is 5.97. The quantitative estimate of drug-likeness (QED) is 0.386. The average Bonchev–Trinajstić information content (AvgIpc) is 2.53. The summed E-state index contributed by atoms with van der Waals surface area (Å²) in [6, 6.07) is 8.71. The minimum Gasteiger partial charge on any atom is -0.457 e. The molecule has 122 valence electrons. The van der Waals surface area contributed by atoms with Crippen molar-refractivity contribution in [2.24, 2.45) is 0 Å². The Kier molecular flexibility index (Phi) is 9.15. The fraction of sp³-hybridized carbons (Fsp3) is 0.556. The van der Waals surface area contributed by atoms with Gasteiger partial charge in [-0.2, -0.15) is 0 Å². The van der Waals surface area contributed by atoms with E-state index in [-0.39, 0.29) is 18.8 Å². The number of aliphatic hydroxyl groups excluding tert-OH is 1. The molecule has 4 heteroatoms. The van der Waals surface area contributed by atoms with Gasteiger partial charge in [-0.05, 0) is 6.42 Å². The summed E-state index contributed by atoms with van der Waals surface area (Å²) >= 11 is 0. The molecule has 1 aromatic carbocycles. The predicted molar refractivity (Wildman–Crippen MR) is 85.7 cm³/mol. The molecule has 1 atom stereocenters. The van der Waals surface area contributed by atoms with Gasteiger partial charge in [0.2, 0.25) is 0 Å². The number of unbranched alkanes of at least 4 members (excludes halogenated alkanes) is 4. The first-order valence-electron chi connectivity index (χ1n) is 8.05. The highest BCUT2D eigenvalue weighted by atomic mass is 16.5. The fourth-order valence-corrected chi connectivity index (χ4v) is 2.19. The van der Waals surface area contributed by atoms with Crippen molar-refractivity contribution in [2.75, 3.05) is 6.61 Å². The Morgan fingerprint density at radius 3 is 2.45 bits per heavy atom. The minimum absolute atomic E-state index is 0.0458. The second-order valence-electron chi connectivity index (χ2n) is 5.51. The van der Waals surface area contributed by atoms with Crippen LogP contribution in [0.25, 0.3) is 0 Å². The van der Waals surface area contributed by atoms with Crippen molar-refractivity contribution < 1.29 is 19.4 Å². The normalized spacial score (nSPS) is 11.9. The van der Waals surface area contributed by atoms with Gasteiger partial charge in [0.15, 0.2) is 12.4 Å². The molecule has 0 aliphatic rings. The van der Waals surface area contributed by atoms with Crippen LogP contribution in [0.5, 0.6) is 0 Å². The molecule has 1 rings (SSSR count). The average molecular weight is 306 g/mol. The minimum atomic E-state index is -0.680. The summed E-state index contributed by atoms with van der Waals surface area (Å²) in [5.41, 5.74) is 0.520. The van der Waals surface area contributed by atoms with Gasteiger partial charge in [-0.25, -0.2) is 0 Å². The number of rotatable bonds is 11. The number of hydrogen-bond donors (Lipinski definition) is 1. The van der Waals surface area contributed by atoms with Crippen molar-refractivity contribution in [2.45, 2.75) is 58.0 Å². The van der Waals surface area contributed by atoms with E-state index < -0.39 is 12.1 Å². The smallest absolute Gasteiger partial charge is 0.308 e. The molecule has 1 N–H and O–H groups in total. The van der Waals surface area contributed by atoms with E-state index in [0.29, 0.717) is 12.0 Å². The number of hydrogen-bond acceptors (Lipinski definition) is 4. The zero-order valence-corrected chi connectivity index (χ0v) is 13.3. The Hall–Kier alpha value is -1.68. The summed E-state index contributed by atoms with van der Waals surface area (Å²) in [5, 5.41) is 9.77. The number of ether oxygens (including phenoxy) is 1. The van der Waals surface area contributed by atoms with E-state index in [1.807, 2.05) is 6.07 Å². The van der Waals surface area contributed by atoms with Gasteiger partial charge in [0.05, 0.1) is 12.5 Å². The zero-order valence-electron chi connectivity index (χ0n) is 13.3. The summed E-state index contributed by atoms with van der Waals surface area (Å²) in [7, 11) is 0. The molecule has 4 nitrogen and oxygen atoms in total. The zero-order chi connectivity index (χ0) is 16.2. The Labute approximate surface area is 132 Å². The van der Waals surface area contributed by atoms with Crippen LogP contribution in [0.3, 0.4) is 0 Å². The summed E-state index contributed by atoms with van der Waals surface area (Å²) < 4.78 is 4.93. The number of Topliss-reactive ketones (excluding diaryl/α,β-unsaturated/α-hetero) is 1. The molecule has 0 radical (unpaired) electrons. The number of carbonyl (C=O) groups excluding carboxylic acids is 2. The molecule has 0 unspecified atom stereocenters. The van der Waals surface area contributed by atoms with Crippen molar-refractivity contribution in [1.29, 1.82) is 0 Å². The van der Waals surface area contributed by atoms with Gasteiger partial charge in [-0.15, -0.1) is 0 Å². The second-order valence-corrected chi connectivity index (χ2v) is 5.51. The maximum Gasteiger partial charge on any atom is 0.308 e. The van der Waals surface area contributed by atoms with E-state index in [9.17, 15) is 14.7 Å². The third-order valence-electron chi connectivity index (χ3n) is 3.50. The Bertz CT molecular complexity index is 442. The van der Waals surface area contributed by atoms with Crippen molar-refractivity contribution in [3.8, 4) is 0 Å². The lowest BCUT2D eigenvalue weighted by atomic mass is 10.1. The third kappa shape index (κ3) is 7.93. The Morgan fingerprint density at radius 1 is 1.09 bits per heavy atom. The van der Waals surface area contributed by atoms with Crippen molar-refractivity contribution in [3.63, 3.8) is 0 Å². The van der Waals surface area contributed by atoms with Crippen LogP contribution in [0, 0.1) is 0 Å². The monoisotopic (exact) mass is 306 g/mol. The Balaban J connectivity index is 2.16. The van der Waals surface area contributed by atoms with Crippen LogP contribution >= 0.6 is 0 Å². The summed E-state index contributed by atoms with van der Waals surface area (Å²) in [5.74, 6) is -0.756. The number of benzene rings is 1. The molecule has 0 saturated heterocycles. The molecule has 0 spiro atoms. The first-order chi connectivity index (χ1) is 10.6. The van der Waals surface area contributed by atoms with Gasteiger partial charge in [0, 0.05) is 5.56 Å². The summed E-state index contributed by atoms with van der Waals surface area (Å²) in [6.07, 6.45) is 5.43. The molecule has 0 amide bonds. The number of aliphatic hydroxyl groups is 1. The van der Waals surface area contributed by atoms with Gasteiger partial charge in [0.1, 0.15) is 0 Å². The molecule has 0 bridgehead atoms. The second kappa shape index (κ2) is 11.0. The molecule has 0 heterocycles. The van der Waals surface area contributed by atoms with Crippen molar-refractivity contribution in [1.82, 2.24) is 0 Å². The van der Waals surface area contributed by atoms with Crippen LogP contribution in [0.2, 0.25) is 0 Å². The lowest BCUT2D eigenvalue weighted by Gasteiger charge is -2.10. The Morgan fingerprint density at radius 2 is 1.77 bits per heavy atom. The van der Waals surface area contributed by atoms with E-state index in [4.69, 9.17) is 4.74 Å². The number of esters is 1. The lowest BCUT2D eigenvalue weighted by Crippen LogP contribution is -2.19. The molecule has 22 heavy (non-hydrogen) atoms. The van der Waals surface area contributed by atoms with E-state index in [0.717, 1.165) is 12.8 Å². The molecule has 0 aliphatic heterocycles. The summed E-state index contributed by atoms with van der Waals surface area (Å²) in [4.78, 5) is 23.4. The maximum atomic E-state index is 11.8. The van der Waals surface area contributed by atoms with E-state index in [1.165, 1.54) is 19.3 Å². The number of carbonyl (C=O) groups is 2. The molecule has 0 aliphatic carbocycles. The van der Waals surface area contributed by atoms with Gasteiger partial charge >= 0.3 is 5.97 Å². The van der Waals surface area contributed by atoms with Gasteiger partial charge < -0.3 is 9.84 Å². The van der Waals surface area contributed by atoms with Crippen LogP contribution in [-0.4, -0.2) is 29.6 Å². The number of ketones is 1. The topological polar surface area (TPSA) is 63.6 Å². The largest absolute Gasteiger partial charge is 0.457 e. The first-order valence-corrected chi connectivity index (χ1v) is 8.05. The maximum absolute atomic E-state index is 11.8. The summed E-state index contributed by atoms with van der Waals surface area (Å²) in [6.45, 7) is 1.88. The molecule has 0 aromatic heterocycles. The van der Waals surface area contributed by atoms with Crippen LogP contribution in [0.4, 0.5) is 0 Å². The van der Waals surface area contributed by atoms with E-state index >= 15 is 0 Å². The van der Waals surface area contributed by atoms with Gasteiger partial charge in [-0.1, -0.05) is 69.4 Å². The lowest BCUT2D eigenvalue weighted by molar-refractivity contribution is -0.144.